The fourth-order valence-corrected chi connectivity index (χ4v) is 0.678. The second-order valence-corrected chi connectivity index (χ2v) is 2.08. The van der Waals surface area contributed by atoms with Crippen molar-refractivity contribution in [1.29, 1.82) is 0 Å². The molecule has 0 spiro atoms. The third-order valence-electron chi connectivity index (χ3n) is 1.27. The first-order valence-electron chi connectivity index (χ1n) is 3.52. The quantitative estimate of drug-likeness (QED) is 0.599. The molecule has 0 fully saturated rings. The van der Waals surface area contributed by atoms with Crippen LogP contribution in [0.2, 0.25) is 0 Å². The van der Waals surface area contributed by atoms with Crippen LogP contribution in [0, 0.1) is 6.92 Å². The van der Waals surface area contributed by atoms with Crippen LogP contribution in [-0.4, -0.2) is 0 Å². The van der Waals surface area contributed by atoms with Gasteiger partial charge in [-0.15, -0.1) is 0 Å². The lowest BCUT2D eigenvalue weighted by Gasteiger charge is -1.94. The molecule has 1 heteroatoms. The molecule has 0 aliphatic rings. The summed E-state index contributed by atoms with van der Waals surface area (Å²) in [6.07, 6.45) is 0. The molecule has 1 rings (SSSR count). The van der Waals surface area contributed by atoms with Crippen LogP contribution >= 0.6 is 0 Å². The maximum absolute atomic E-state index is 7.17. The second-order valence-electron chi connectivity index (χ2n) is 2.08. The highest BCUT2D eigenvalue weighted by Crippen LogP contribution is 2.00. The van der Waals surface area contributed by atoms with E-state index in [0.717, 1.165) is 5.56 Å². The van der Waals surface area contributed by atoms with E-state index in [9.17, 15) is 0 Å². The molecule has 0 saturated heterocycles. The van der Waals surface area contributed by atoms with Crippen LogP contribution < -0.4 is 5.73 Å². The van der Waals surface area contributed by atoms with Gasteiger partial charge in [0, 0.05) is 7.89 Å². The molecule has 48 valence electrons. The summed E-state index contributed by atoms with van der Waals surface area (Å²) in [5, 5.41) is 0. The Hall–Kier alpha value is -0.820. The fraction of sp³-hybridized carbons (Fsp3) is 0.250. The predicted molar refractivity (Wildman–Crippen MR) is 39.1 cm³/mol. The van der Waals surface area contributed by atoms with E-state index in [4.69, 9.17) is 7.10 Å². The lowest BCUT2D eigenvalue weighted by atomic mass is 10.2. The lowest BCUT2D eigenvalue weighted by Crippen LogP contribution is -1.94. The van der Waals surface area contributed by atoms with Crippen molar-refractivity contribution in [2.24, 2.45) is 5.73 Å². The Kier molecular flexibility index (Phi) is 1.47. The maximum Gasteiger partial charge on any atom is 0.0477 e. The number of hydrogen-bond acceptors (Lipinski definition) is 1. The van der Waals surface area contributed by atoms with Gasteiger partial charge in [0.05, 0.1) is 0 Å². The highest BCUT2D eigenvalue weighted by atomic mass is 14.5. The fourth-order valence-electron chi connectivity index (χ4n) is 0.678. The smallest absolute Gasteiger partial charge is 0.0477 e. The molecule has 1 aromatic rings. The zero-order chi connectivity index (χ0) is 7.56. The van der Waals surface area contributed by atoms with E-state index in [1.165, 1.54) is 5.56 Å². The zero-order valence-electron chi connectivity index (χ0n) is 6.46. The lowest BCUT2D eigenvalue weighted by molar-refractivity contribution is 1.07. The van der Waals surface area contributed by atoms with Crippen LogP contribution in [0.5, 0.6) is 0 Å². The Morgan fingerprint density at radius 2 is 2.00 bits per heavy atom. The van der Waals surface area contributed by atoms with Crippen molar-refractivity contribution in [3.05, 3.63) is 35.4 Å². The van der Waals surface area contributed by atoms with E-state index in [1.54, 1.807) is 0 Å². The zero-order valence-corrected chi connectivity index (χ0v) is 5.46. The van der Waals surface area contributed by atoms with Crippen LogP contribution in [0.15, 0.2) is 24.3 Å². The van der Waals surface area contributed by atoms with E-state index in [-0.39, 0.29) is 0 Å². The first kappa shape index (κ1) is 5.00. The first-order chi connectivity index (χ1) is 4.70. The van der Waals surface area contributed by atoms with Crippen molar-refractivity contribution >= 4 is 0 Å². The largest absolute Gasteiger partial charge is 0.326 e. The van der Waals surface area contributed by atoms with Gasteiger partial charge in [0.25, 0.3) is 0 Å². The van der Waals surface area contributed by atoms with Crippen LogP contribution in [0.3, 0.4) is 0 Å². The molecule has 0 aliphatic heterocycles. The SMILES string of the molecule is [2H][C@H](N)c1ccc(C)cc1. The molecular formula is C8H11N. The van der Waals surface area contributed by atoms with Gasteiger partial charge in [-0.1, -0.05) is 29.8 Å². The van der Waals surface area contributed by atoms with Crippen molar-refractivity contribution in [2.45, 2.75) is 13.4 Å². The van der Waals surface area contributed by atoms with Gasteiger partial charge in [0.15, 0.2) is 0 Å². The van der Waals surface area contributed by atoms with E-state index < -0.39 is 6.52 Å². The summed E-state index contributed by atoms with van der Waals surface area (Å²) in [5.74, 6) is 0. The van der Waals surface area contributed by atoms with E-state index >= 15 is 0 Å². The summed E-state index contributed by atoms with van der Waals surface area (Å²) in [6, 6.07) is 7.69. The average molecular weight is 122 g/mol. The van der Waals surface area contributed by atoms with Crippen LogP contribution in [0.1, 0.15) is 12.5 Å². The summed E-state index contributed by atoms with van der Waals surface area (Å²) in [7, 11) is 0. The third-order valence-corrected chi connectivity index (χ3v) is 1.27. The maximum atomic E-state index is 7.17. The van der Waals surface area contributed by atoms with E-state index in [2.05, 4.69) is 0 Å². The highest BCUT2D eigenvalue weighted by Gasteiger charge is 1.84. The summed E-state index contributed by atoms with van der Waals surface area (Å²) in [5.41, 5.74) is 7.40. The van der Waals surface area contributed by atoms with Gasteiger partial charge in [-0.25, -0.2) is 0 Å². The minimum absolute atomic E-state index is 0.597. The van der Waals surface area contributed by atoms with Crippen molar-refractivity contribution in [3.63, 3.8) is 0 Å². The van der Waals surface area contributed by atoms with Crippen molar-refractivity contribution in [2.75, 3.05) is 0 Å². The van der Waals surface area contributed by atoms with Gasteiger partial charge in [-0.2, -0.15) is 0 Å². The Labute approximate surface area is 56.9 Å². The number of benzene rings is 1. The minimum Gasteiger partial charge on any atom is -0.326 e. The topological polar surface area (TPSA) is 26.0 Å². The summed E-state index contributed by atoms with van der Waals surface area (Å²) in [6.45, 7) is 1.42. The van der Waals surface area contributed by atoms with Crippen LogP contribution in [0.4, 0.5) is 0 Å². The van der Waals surface area contributed by atoms with Crippen molar-refractivity contribution < 1.29 is 1.37 Å². The molecule has 0 amide bonds. The standard InChI is InChI=1S/C8H11N/c1-7-2-4-8(6-9)5-3-7/h2-5H,6,9H2,1H3/i6D/t6-/m0/s1. The Bertz CT molecular complexity index is 203. The van der Waals surface area contributed by atoms with Gasteiger partial charge in [0.1, 0.15) is 0 Å². The molecule has 1 nitrogen and oxygen atoms in total. The molecule has 0 bridgehead atoms. The molecule has 1 atom stereocenters. The molecule has 0 unspecified atom stereocenters. The summed E-state index contributed by atoms with van der Waals surface area (Å²) >= 11 is 0. The highest BCUT2D eigenvalue weighted by molar-refractivity contribution is 5.20. The number of hydrogen-bond donors (Lipinski definition) is 1. The molecule has 0 saturated carbocycles. The molecule has 0 aromatic heterocycles. The molecule has 2 N–H and O–H groups in total. The van der Waals surface area contributed by atoms with Gasteiger partial charge >= 0.3 is 0 Å². The summed E-state index contributed by atoms with van der Waals surface area (Å²) in [4.78, 5) is 0. The molecule has 0 aliphatic carbocycles. The third kappa shape index (κ3) is 1.54. The Morgan fingerprint density at radius 3 is 2.44 bits per heavy atom. The molecular weight excluding hydrogens is 110 g/mol. The van der Waals surface area contributed by atoms with Crippen molar-refractivity contribution in [1.82, 2.24) is 0 Å². The van der Waals surface area contributed by atoms with Gasteiger partial charge in [0.2, 0.25) is 0 Å². The first-order valence-corrected chi connectivity index (χ1v) is 2.94. The molecule has 0 heterocycles. The van der Waals surface area contributed by atoms with Crippen molar-refractivity contribution in [3.8, 4) is 0 Å². The minimum atomic E-state index is -0.597. The normalized spacial score (nSPS) is 14.7. The Morgan fingerprint density at radius 1 is 1.44 bits per heavy atom. The van der Waals surface area contributed by atoms with Gasteiger partial charge in [-0.3, -0.25) is 0 Å². The summed E-state index contributed by atoms with van der Waals surface area (Å²) < 4.78 is 7.17. The molecule has 0 radical (unpaired) electrons. The average Bonchev–Trinajstić information content (AvgIpc) is 1.88. The number of aryl methyl sites for hydroxylation is 1. The second kappa shape index (κ2) is 2.65. The van der Waals surface area contributed by atoms with Crippen LogP contribution in [-0.2, 0) is 6.52 Å². The number of rotatable bonds is 1. The van der Waals surface area contributed by atoms with Gasteiger partial charge in [-0.05, 0) is 12.5 Å². The molecule has 1 aromatic carbocycles. The molecule has 9 heavy (non-hydrogen) atoms. The Balaban J connectivity index is 2.89. The monoisotopic (exact) mass is 122 g/mol. The predicted octanol–water partition coefficient (Wildman–Crippen LogP) is 1.45. The van der Waals surface area contributed by atoms with Gasteiger partial charge < -0.3 is 5.73 Å². The number of nitrogens with two attached hydrogens (primary N) is 1. The van der Waals surface area contributed by atoms with E-state index in [0.29, 0.717) is 0 Å². The van der Waals surface area contributed by atoms with E-state index in [1.807, 2.05) is 31.2 Å². The van der Waals surface area contributed by atoms with Crippen LogP contribution in [0.25, 0.3) is 0 Å².